The molecule has 0 aromatic carbocycles. The molecular weight excluding hydrogens is 272 g/mol. The zero-order valence-electron chi connectivity index (χ0n) is 15.1. The van der Waals surface area contributed by atoms with Crippen LogP contribution in [0.2, 0.25) is 0 Å². The van der Waals surface area contributed by atoms with Crippen LogP contribution in [0.25, 0.3) is 0 Å². The normalized spacial score (nSPS) is 24.8. The Bertz CT molecular complexity index is 349. The average molecular weight is 309 g/mol. The van der Waals surface area contributed by atoms with Crippen molar-refractivity contribution in [3.63, 3.8) is 0 Å². The smallest absolute Gasteiger partial charge is 0.191 e. The Morgan fingerprint density at radius 2 is 1.95 bits per heavy atom. The van der Waals surface area contributed by atoms with E-state index in [0.29, 0.717) is 6.04 Å². The Labute approximate surface area is 137 Å². The van der Waals surface area contributed by atoms with Gasteiger partial charge in [-0.25, -0.2) is 0 Å². The number of hydrogen-bond acceptors (Lipinski definition) is 2. The van der Waals surface area contributed by atoms with Crippen LogP contribution in [0.4, 0.5) is 0 Å². The zero-order chi connectivity index (χ0) is 15.9. The highest BCUT2D eigenvalue weighted by molar-refractivity contribution is 5.80. The molecule has 2 N–H and O–H groups in total. The summed E-state index contributed by atoms with van der Waals surface area (Å²) in [6, 6.07) is 1.41. The van der Waals surface area contributed by atoms with Gasteiger partial charge in [0.05, 0.1) is 0 Å². The van der Waals surface area contributed by atoms with E-state index in [2.05, 4.69) is 43.2 Å². The van der Waals surface area contributed by atoms with E-state index in [1.54, 1.807) is 0 Å². The summed E-state index contributed by atoms with van der Waals surface area (Å²) in [7, 11) is 0. The van der Waals surface area contributed by atoms with Gasteiger partial charge in [0.2, 0.25) is 0 Å². The summed E-state index contributed by atoms with van der Waals surface area (Å²) in [6.07, 6.45) is 6.65. The van der Waals surface area contributed by atoms with Crippen LogP contribution in [0.1, 0.15) is 59.8 Å². The largest absolute Gasteiger partial charge is 0.357 e. The first kappa shape index (κ1) is 17.6. The lowest BCUT2D eigenvalue weighted by Crippen LogP contribution is -2.42. The number of nitrogens with one attached hydrogen (secondary N) is 2. The number of likely N-dealkylation sites (tertiary alicyclic amines) is 1. The predicted molar refractivity (Wildman–Crippen MR) is 95.4 cm³/mol. The van der Waals surface area contributed by atoms with Crippen molar-refractivity contribution in [1.82, 2.24) is 15.5 Å². The monoisotopic (exact) mass is 308 g/mol. The van der Waals surface area contributed by atoms with Crippen molar-refractivity contribution in [2.75, 3.05) is 26.2 Å². The van der Waals surface area contributed by atoms with Gasteiger partial charge in [0, 0.05) is 31.7 Å². The van der Waals surface area contributed by atoms with E-state index < -0.39 is 0 Å². The third-order valence-corrected chi connectivity index (χ3v) is 4.79. The van der Waals surface area contributed by atoms with E-state index in [4.69, 9.17) is 4.99 Å². The quantitative estimate of drug-likeness (QED) is 0.535. The molecule has 0 aromatic heterocycles. The summed E-state index contributed by atoms with van der Waals surface area (Å²) < 4.78 is 0. The van der Waals surface area contributed by atoms with Crippen LogP contribution < -0.4 is 10.6 Å². The second kappa shape index (κ2) is 8.76. The van der Waals surface area contributed by atoms with Crippen LogP contribution in [0.15, 0.2) is 4.99 Å². The van der Waals surface area contributed by atoms with Gasteiger partial charge < -0.3 is 15.5 Å². The van der Waals surface area contributed by atoms with Gasteiger partial charge in [-0.05, 0) is 64.3 Å². The third kappa shape index (κ3) is 6.15. The molecule has 2 atom stereocenters. The molecule has 0 aromatic rings. The van der Waals surface area contributed by atoms with Crippen molar-refractivity contribution < 1.29 is 0 Å². The molecular formula is C18H36N4. The van der Waals surface area contributed by atoms with E-state index in [9.17, 15) is 0 Å². The molecule has 0 bridgehead atoms. The zero-order valence-corrected chi connectivity index (χ0v) is 15.1. The fourth-order valence-electron chi connectivity index (χ4n) is 3.21. The summed E-state index contributed by atoms with van der Waals surface area (Å²) in [5.41, 5.74) is 0. The first-order valence-corrected chi connectivity index (χ1v) is 9.37. The van der Waals surface area contributed by atoms with E-state index in [1.165, 1.54) is 45.2 Å². The van der Waals surface area contributed by atoms with Crippen LogP contribution in [0.5, 0.6) is 0 Å². The lowest BCUT2D eigenvalue weighted by atomic mass is 10.0. The number of aliphatic imine (C=N–C) groups is 1. The summed E-state index contributed by atoms with van der Waals surface area (Å²) in [5, 5.41) is 6.97. The van der Waals surface area contributed by atoms with Crippen LogP contribution in [0.3, 0.4) is 0 Å². The lowest BCUT2D eigenvalue weighted by molar-refractivity contribution is 0.315. The van der Waals surface area contributed by atoms with Crippen LogP contribution in [-0.2, 0) is 0 Å². The number of guanidine groups is 1. The van der Waals surface area contributed by atoms with Gasteiger partial charge in [-0.2, -0.15) is 0 Å². The minimum Gasteiger partial charge on any atom is -0.357 e. The summed E-state index contributed by atoms with van der Waals surface area (Å²) in [6.45, 7) is 13.4. The predicted octanol–water partition coefficient (Wildman–Crippen LogP) is 2.85. The molecule has 1 aliphatic carbocycles. The average Bonchev–Trinajstić information content (AvgIpc) is 3.22. The van der Waals surface area contributed by atoms with Crippen molar-refractivity contribution >= 4 is 5.96 Å². The maximum Gasteiger partial charge on any atom is 0.191 e. The van der Waals surface area contributed by atoms with E-state index in [-0.39, 0.29) is 0 Å². The van der Waals surface area contributed by atoms with Crippen LogP contribution >= 0.6 is 0 Å². The van der Waals surface area contributed by atoms with Gasteiger partial charge >= 0.3 is 0 Å². The van der Waals surface area contributed by atoms with Crippen molar-refractivity contribution in [1.29, 1.82) is 0 Å². The van der Waals surface area contributed by atoms with E-state index >= 15 is 0 Å². The van der Waals surface area contributed by atoms with Gasteiger partial charge in [0.25, 0.3) is 0 Å². The van der Waals surface area contributed by atoms with Crippen molar-refractivity contribution in [3.8, 4) is 0 Å². The first-order valence-electron chi connectivity index (χ1n) is 9.37. The highest BCUT2D eigenvalue weighted by atomic mass is 15.2. The number of nitrogens with zero attached hydrogens (tertiary/aromatic N) is 2. The molecule has 1 heterocycles. The van der Waals surface area contributed by atoms with Crippen LogP contribution in [-0.4, -0.2) is 49.1 Å². The fraction of sp³-hybridized carbons (Fsp3) is 0.944. The van der Waals surface area contributed by atoms with Gasteiger partial charge in [0.15, 0.2) is 5.96 Å². The van der Waals surface area contributed by atoms with Crippen molar-refractivity contribution in [3.05, 3.63) is 0 Å². The third-order valence-electron chi connectivity index (χ3n) is 4.79. The second-order valence-corrected chi connectivity index (χ2v) is 7.62. The minimum absolute atomic E-state index is 0.492. The molecule has 128 valence electrons. The molecule has 1 saturated carbocycles. The Morgan fingerprint density at radius 3 is 2.59 bits per heavy atom. The Balaban J connectivity index is 1.74. The SMILES string of the molecule is CCNC(=NCC1CCN(C2CC2)C1)NC(C)CCC(C)C. The van der Waals surface area contributed by atoms with Crippen molar-refractivity contribution in [2.24, 2.45) is 16.8 Å². The molecule has 0 spiro atoms. The first-order chi connectivity index (χ1) is 10.6. The minimum atomic E-state index is 0.492. The Morgan fingerprint density at radius 1 is 1.18 bits per heavy atom. The molecule has 22 heavy (non-hydrogen) atoms. The molecule has 2 rings (SSSR count). The lowest BCUT2D eigenvalue weighted by Gasteiger charge is -2.19. The molecule has 1 saturated heterocycles. The highest BCUT2D eigenvalue weighted by Crippen LogP contribution is 2.31. The second-order valence-electron chi connectivity index (χ2n) is 7.62. The molecule has 1 aliphatic heterocycles. The maximum absolute atomic E-state index is 4.84. The van der Waals surface area contributed by atoms with Gasteiger partial charge in [-0.3, -0.25) is 4.99 Å². The number of rotatable bonds is 8. The summed E-state index contributed by atoms with van der Waals surface area (Å²) in [5.74, 6) is 2.53. The Hall–Kier alpha value is -0.770. The standard InChI is InChI=1S/C18H36N4/c1-5-19-18(21-15(4)7-6-14(2)3)20-12-16-10-11-22(13-16)17-8-9-17/h14-17H,5-13H2,1-4H3,(H2,19,20,21). The molecule has 4 heteroatoms. The van der Waals surface area contributed by atoms with Gasteiger partial charge in [0.1, 0.15) is 0 Å². The van der Waals surface area contributed by atoms with Crippen molar-refractivity contribution in [2.45, 2.75) is 71.9 Å². The fourth-order valence-corrected chi connectivity index (χ4v) is 3.21. The topological polar surface area (TPSA) is 39.7 Å². The molecule has 2 fully saturated rings. The maximum atomic E-state index is 4.84. The molecule has 0 amide bonds. The molecule has 2 aliphatic rings. The molecule has 4 nitrogen and oxygen atoms in total. The van der Waals surface area contributed by atoms with E-state index in [1.807, 2.05) is 0 Å². The molecule has 0 radical (unpaired) electrons. The summed E-state index contributed by atoms with van der Waals surface area (Å²) >= 11 is 0. The highest BCUT2D eigenvalue weighted by Gasteiger charge is 2.34. The van der Waals surface area contributed by atoms with Gasteiger partial charge in [-0.1, -0.05) is 13.8 Å². The van der Waals surface area contributed by atoms with Crippen LogP contribution in [0, 0.1) is 11.8 Å². The number of hydrogen-bond donors (Lipinski definition) is 2. The summed E-state index contributed by atoms with van der Waals surface area (Å²) in [4.78, 5) is 7.52. The molecule has 2 unspecified atom stereocenters. The van der Waals surface area contributed by atoms with Gasteiger partial charge in [-0.15, -0.1) is 0 Å². The Kier molecular flexibility index (Phi) is 7.00. The van der Waals surface area contributed by atoms with E-state index in [0.717, 1.165) is 36.9 Å².